The van der Waals surface area contributed by atoms with Gasteiger partial charge in [0.25, 0.3) is 23.6 Å². The summed E-state index contributed by atoms with van der Waals surface area (Å²) in [5.41, 5.74) is 9.70. The number of nitrogens with zero attached hydrogens (tertiary/aromatic N) is 2. The summed E-state index contributed by atoms with van der Waals surface area (Å²) in [6.07, 6.45) is 5.64. The van der Waals surface area contributed by atoms with Gasteiger partial charge in [-0.3, -0.25) is 19.2 Å². The van der Waals surface area contributed by atoms with Crippen LogP contribution in [0.2, 0.25) is 0 Å². The van der Waals surface area contributed by atoms with Gasteiger partial charge in [0.1, 0.15) is 22.4 Å². The van der Waals surface area contributed by atoms with Gasteiger partial charge < -0.3 is 109 Å². The first kappa shape index (κ1) is 95.9. The molecule has 3 aromatic heterocycles. The van der Waals surface area contributed by atoms with Crippen LogP contribution in [-0.2, 0) is 56.8 Å². The summed E-state index contributed by atoms with van der Waals surface area (Å²) >= 11 is 0. The molecule has 4 aromatic carbocycles. The molecular formula is C92H118N12O20. The third-order valence-electron chi connectivity index (χ3n) is 17.8. The molecule has 7 aromatic rings. The molecule has 666 valence electrons. The monoisotopic (exact) mass is 1710 g/mol. The van der Waals surface area contributed by atoms with E-state index in [0.717, 1.165) is 22.3 Å². The number of aromatic nitrogens is 4. The minimum atomic E-state index is -0.614. The molecule has 5 heterocycles. The van der Waals surface area contributed by atoms with Crippen molar-refractivity contribution in [2.24, 2.45) is 0 Å². The molecule has 124 heavy (non-hydrogen) atoms. The molecule has 8 amide bonds. The van der Waals surface area contributed by atoms with Crippen molar-refractivity contribution in [3.05, 3.63) is 166 Å². The van der Waals surface area contributed by atoms with E-state index in [1.54, 1.807) is 132 Å². The van der Waals surface area contributed by atoms with Gasteiger partial charge in [0.05, 0.1) is 128 Å². The Bertz CT molecular complexity index is 4340. The Morgan fingerprint density at radius 1 is 0.242 bits per heavy atom. The number of amides is 8. The zero-order valence-electron chi connectivity index (χ0n) is 72.9. The molecule has 9 rings (SSSR count). The van der Waals surface area contributed by atoms with Crippen LogP contribution in [0.25, 0.3) is 90.9 Å². The highest BCUT2D eigenvalue weighted by atomic mass is 16.6. The minimum Gasteiger partial charge on any atom is -0.444 e. The number of carbonyl (C=O) groups is 8. The highest BCUT2D eigenvalue weighted by molar-refractivity contribution is 6.03. The molecule has 0 aliphatic carbocycles. The van der Waals surface area contributed by atoms with E-state index in [0.29, 0.717) is 89.4 Å². The Hall–Kier alpha value is -11.9. The summed E-state index contributed by atoms with van der Waals surface area (Å²) in [4.78, 5) is 121. The highest BCUT2D eigenvalue weighted by Gasteiger charge is 2.24. The van der Waals surface area contributed by atoms with Crippen LogP contribution < -0.4 is 42.5 Å². The van der Waals surface area contributed by atoms with Crippen LogP contribution in [0.1, 0.15) is 147 Å². The SMILES string of the molecule is CC(C)(C)OC(=O)NCCOCCOCCNC(=O)c1ccc(-c2c3nc(c(-c4ccc(C(=O)NCCOCCOCCNC(=O)OC(C)(C)C)cc4)c4ccc([nH]4)c(-c4ccc(C(=O)NCCOCCOCCNC(=O)OC(C)(C)C)cc4)c4nc(c(-c5ccc(C(=O)NCCOCCOCCNC(=O)OC(C)(C)C)cc5)c5ccc2[nH]5)C=C4)C=C3)cc1. The van der Waals surface area contributed by atoms with E-state index >= 15 is 0 Å². The van der Waals surface area contributed by atoms with Gasteiger partial charge in [-0.25, -0.2) is 29.1 Å². The van der Waals surface area contributed by atoms with Crippen molar-refractivity contribution in [1.29, 1.82) is 0 Å². The molecule has 32 nitrogen and oxygen atoms in total. The van der Waals surface area contributed by atoms with Gasteiger partial charge in [0.15, 0.2) is 0 Å². The van der Waals surface area contributed by atoms with Gasteiger partial charge in [-0.2, -0.15) is 0 Å². The summed E-state index contributed by atoms with van der Waals surface area (Å²) < 4.78 is 66.3. The van der Waals surface area contributed by atoms with Gasteiger partial charge in [-0.05, 0) is 202 Å². The first-order valence-corrected chi connectivity index (χ1v) is 41.5. The third kappa shape index (κ3) is 32.7. The van der Waals surface area contributed by atoms with Crippen molar-refractivity contribution in [2.75, 3.05) is 158 Å². The molecule has 0 radical (unpaired) electrons. The van der Waals surface area contributed by atoms with Crippen molar-refractivity contribution >= 4 is 94.4 Å². The van der Waals surface area contributed by atoms with Gasteiger partial charge in [-0.1, -0.05) is 48.5 Å². The molecule has 0 saturated heterocycles. The Morgan fingerprint density at radius 2 is 0.411 bits per heavy atom. The molecular weight excluding hydrogens is 1590 g/mol. The van der Waals surface area contributed by atoms with Crippen molar-refractivity contribution in [2.45, 2.75) is 105 Å². The van der Waals surface area contributed by atoms with E-state index in [2.05, 4.69) is 52.5 Å². The molecule has 8 bridgehead atoms. The molecule has 0 spiro atoms. The van der Waals surface area contributed by atoms with Crippen LogP contribution in [0.5, 0.6) is 0 Å². The first-order chi connectivity index (χ1) is 59.3. The second-order valence-corrected chi connectivity index (χ2v) is 32.4. The Morgan fingerprint density at radius 3 is 0.581 bits per heavy atom. The number of rotatable bonds is 44. The van der Waals surface area contributed by atoms with Crippen molar-refractivity contribution in [3.63, 3.8) is 0 Å². The van der Waals surface area contributed by atoms with Crippen molar-refractivity contribution in [1.82, 2.24) is 62.5 Å². The quantitative estimate of drug-likeness (QED) is 0.0125. The number of hydrogen-bond acceptors (Lipinski definition) is 22. The molecule has 10 N–H and O–H groups in total. The van der Waals surface area contributed by atoms with Gasteiger partial charge in [-0.15, -0.1) is 0 Å². The maximum atomic E-state index is 13.8. The van der Waals surface area contributed by atoms with Gasteiger partial charge >= 0.3 is 24.4 Å². The van der Waals surface area contributed by atoms with E-state index in [9.17, 15) is 38.4 Å². The van der Waals surface area contributed by atoms with Gasteiger partial charge in [0, 0.05) is 119 Å². The molecule has 0 saturated carbocycles. The average molecular weight is 1710 g/mol. The van der Waals surface area contributed by atoms with Crippen LogP contribution >= 0.6 is 0 Å². The largest absolute Gasteiger partial charge is 0.444 e. The molecule has 2 aliphatic rings. The van der Waals surface area contributed by atoms with Crippen LogP contribution in [0.4, 0.5) is 19.2 Å². The molecule has 0 fully saturated rings. The van der Waals surface area contributed by atoms with Crippen LogP contribution in [0.3, 0.4) is 0 Å². The predicted molar refractivity (Wildman–Crippen MR) is 473 cm³/mol. The molecule has 32 heteroatoms. The Labute approximate surface area is 723 Å². The summed E-state index contributed by atoms with van der Waals surface area (Å²) in [6.45, 7) is 27.6. The lowest BCUT2D eigenvalue weighted by atomic mass is 10.0. The zero-order chi connectivity index (χ0) is 89.1. The standard InChI is InChI=1S/C92H118N12O20/c1-89(2,3)121-85(109)97-41-49-117-57-53-113-45-37-93-81(105)65-21-13-61(14-22-65)77-69-29-31-71(101-69)78(62-15-23-66(24-16-62)82(106)94-38-46-114-54-58-118-50-42-98-86(110)122-90(4,5)6)73-33-35-75(103-73)80(64-19-27-68(28-20-64)84(108)96-40-48-116-56-60-120-52-44-100-88(112)124-92(10,11)12)76-36-34-74(104-76)79(72-32-30-70(77)102-72)63-17-25-67(26-18-63)83(107)95-39-47-115-55-59-119-51-43-99-87(111)123-91(7,8)9/h13-36,101,104H,37-60H2,1-12H3,(H,93,105)(H,94,106)(H,95,107)(H,96,108)(H,97,109)(H,98,110)(H,99,111)(H,100,112). The van der Waals surface area contributed by atoms with E-state index in [-0.39, 0.29) is 182 Å². The second-order valence-electron chi connectivity index (χ2n) is 32.4. The first-order valence-electron chi connectivity index (χ1n) is 41.5. The Balaban J connectivity index is 1.01. The summed E-state index contributed by atoms with van der Waals surface area (Å²) in [7, 11) is 0. The average Bonchev–Trinajstić information content (AvgIpc) is 1.61. The number of hydrogen-bond donors (Lipinski definition) is 10. The lowest BCUT2D eigenvalue weighted by molar-refractivity contribution is 0.0396. The van der Waals surface area contributed by atoms with Crippen LogP contribution in [0, 0.1) is 0 Å². The van der Waals surface area contributed by atoms with Crippen LogP contribution in [0.15, 0.2) is 121 Å². The van der Waals surface area contributed by atoms with E-state index < -0.39 is 46.8 Å². The normalized spacial score (nSPS) is 12.0. The predicted octanol–water partition coefficient (Wildman–Crippen LogP) is 12.5. The fraction of sp³-hybridized carbons (Fsp3) is 0.435. The summed E-state index contributed by atoms with van der Waals surface area (Å²) in [6, 6.07) is 36.8. The number of aromatic amines is 2. The lowest BCUT2D eigenvalue weighted by Crippen LogP contribution is -2.34. The second kappa shape index (κ2) is 47.7. The highest BCUT2D eigenvalue weighted by Crippen LogP contribution is 2.39. The van der Waals surface area contributed by atoms with Crippen molar-refractivity contribution < 1.29 is 95.2 Å². The minimum absolute atomic E-state index is 0.225. The maximum absolute atomic E-state index is 13.8. The smallest absolute Gasteiger partial charge is 0.407 e. The topological polar surface area (TPSA) is 401 Å². The number of fused-ring (bicyclic) bond motifs is 8. The fourth-order valence-electron chi connectivity index (χ4n) is 12.4. The maximum Gasteiger partial charge on any atom is 0.407 e. The number of alkyl carbamates (subject to hydrolysis) is 4. The van der Waals surface area contributed by atoms with Gasteiger partial charge in [0.2, 0.25) is 0 Å². The van der Waals surface area contributed by atoms with E-state index in [1.165, 1.54) is 0 Å². The lowest BCUT2D eigenvalue weighted by Gasteiger charge is -2.19. The number of H-pyrrole nitrogens is 2. The molecule has 0 atom stereocenters. The number of nitrogens with one attached hydrogen (secondary N) is 10. The zero-order valence-corrected chi connectivity index (χ0v) is 72.9. The molecule has 0 unspecified atom stereocenters. The number of ether oxygens (including phenoxy) is 12. The Kier molecular flexibility index (Phi) is 36.9. The number of carbonyl (C=O) groups excluding carboxylic acids is 8. The summed E-state index contributed by atoms with van der Waals surface area (Å²) in [5, 5.41) is 22.4. The number of benzene rings is 4. The fourth-order valence-corrected chi connectivity index (χ4v) is 12.4. The van der Waals surface area contributed by atoms with Crippen LogP contribution in [-0.4, -0.2) is 248 Å². The molecule has 2 aliphatic heterocycles. The van der Waals surface area contributed by atoms with E-state index in [4.69, 9.17) is 66.8 Å². The third-order valence-corrected chi connectivity index (χ3v) is 17.8. The van der Waals surface area contributed by atoms with E-state index in [1.807, 2.05) is 97.1 Å². The van der Waals surface area contributed by atoms with Crippen molar-refractivity contribution in [3.8, 4) is 44.5 Å². The summed E-state index contributed by atoms with van der Waals surface area (Å²) in [5.74, 6) is -1.26.